The predicted octanol–water partition coefficient (Wildman–Crippen LogP) is 7.49. The molecule has 0 radical (unpaired) electrons. The average Bonchev–Trinajstić information content (AvgIpc) is 3.39. The Morgan fingerprint density at radius 1 is 1.15 bits per heavy atom. The normalized spacial score (nSPS) is 43.2. The summed E-state index contributed by atoms with van der Waals surface area (Å²) < 4.78 is 5.04. The Bertz CT molecular complexity index is 840. The van der Waals surface area contributed by atoms with E-state index in [1.165, 1.54) is 64.0 Å². The lowest BCUT2D eigenvalue weighted by molar-refractivity contribution is -0.142. The Labute approximate surface area is 208 Å². The van der Waals surface area contributed by atoms with E-state index in [-0.39, 0.29) is 18.0 Å². The summed E-state index contributed by atoms with van der Waals surface area (Å²) in [6, 6.07) is 0. The largest absolute Gasteiger partial charge is 0.469 e. The number of hydrogen-bond donors (Lipinski definition) is 1. The molecule has 0 unspecified atom stereocenters. The Balaban J connectivity index is 1.60. The highest BCUT2D eigenvalue weighted by atomic mass is 16.5. The first-order chi connectivity index (χ1) is 16.0. The third-order valence-corrected chi connectivity index (χ3v) is 12.1. The van der Waals surface area contributed by atoms with Crippen molar-refractivity contribution in [1.82, 2.24) is 0 Å². The molecular formula is C31H50O3. The van der Waals surface area contributed by atoms with Gasteiger partial charge in [-0.3, -0.25) is 4.79 Å². The third kappa shape index (κ3) is 3.66. The fraction of sp³-hybridized carbons (Fsp3) is 0.839. The molecule has 0 aliphatic heterocycles. The first kappa shape index (κ1) is 26.0. The molecule has 4 saturated carbocycles. The van der Waals surface area contributed by atoms with Crippen molar-refractivity contribution in [2.45, 2.75) is 105 Å². The van der Waals surface area contributed by atoms with E-state index in [1.807, 2.05) is 0 Å². The van der Waals surface area contributed by atoms with Gasteiger partial charge in [0.05, 0.1) is 13.7 Å². The minimum absolute atomic E-state index is 0.0750. The molecule has 8 atom stereocenters. The first-order valence-corrected chi connectivity index (χ1v) is 14.0. The minimum Gasteiger partial charge on any atom is -0.469 e. The van der Waals surface area contributed by atoms with Gasteiger partial charge in [0.25, 0.3) is 0 Å². The van der Waals surface area contributed by atoms with Crippen LogP contribution >= 0.6 is 0 Å². The van der Waals surface area contributed by atoms with Crippen LogP contribution < -0.4 is 0 Å². The Morgan fingerprint density at radius 3 is 2.53 bits per heavy atom. The van der Waals surface area contributed by atoms with E-state index in [0.29, 0.717) is 28.6 Å². The highest BCUT2D eigenvalue weighted by Crippen LogP contribution is 2.87. The highest BCUT2D eigenvalue weighted by molar-refractivity contribution is 5.69. The van der Waals surface area contributed by atoms with Crippen molar-refractivity contribution in [3.63, 3.8) is 0 Å². The zero-order valence-electron chi connectivity index (χ0n) is 22.8. The number of methoxy groups -OCH3 is 1. The van der Waals surface area contributed by atoms with Crippen molar-refractivity contribution < 1.29 is 14.6 Å². The molecule has 4 aliphatic rings. The topological polar surface area (TPSA) is 46.5 Å². The lowest BCUT2D eigenvalue weighted by atomic mass is 9.43. The number of esters is 1. The van der Waals surface area contributed by atoms with Gasteiger partial charge in [0.2, 0.25) is 0 Å². The van der Waals surface area contributed by atoms with Gasteiger partial charge >= 0.3 is 5.97 Å². The maximum absolute atomic E-state index is 12.2. The Morgan fingerprint density at radius 2 is 1.88 bits per heavy atom. The van der Waals surface area contributed by atoms with Crippen molar-refractivity contribution in [2.24, 2.45) is 45.3 Å². The molecule has 0 heterocycles. The van der Waals surface area contributed by atoms with E-state index >= 15 is 0 Å². The molecule has 192 valence electrons. The van der Waals surface area contributed by atoms with Crippen LogP contribution in [-0.2, 0) is 9.53 Å². The molecule has 1 spiro atoms. The van der Waals surface area contributed by atoms with Gasteiger partial charge in [-0.15, -0.1) is 0 Å². The number of allylic oxidation sites excluding steroid dienone is 2. The number of hydrogen-bond acceptors (Lipinski definition) is 3. The molecule has 0 saturated heterocycles. The van der Waals surface area contributed by atoms with Gasteiger partial charge in [-0.25, -0.2) is 0 Å². The van der Waals surface area contributed by atoms with Gasteiger partial charge in [-0.2, -0.15) is 0 Å². The highest BCUT2D eigenvalue weighted by Gasteiger charge is 2.80. The van der Waals surface area contributed by atoms with Crippen LogP contribution in [0.15, 0.2) is 23.8 Å². The van der Waals surface area contributed by atoms with Crippen LogP contribution in [-0.4, -0.2) is 24.8 Å². The second-order valence-electron chi connectivity index (χ2n) is 13.4. The molecule has 3 nitrogen and oxygen atoms in total. The van der Waals surface area contributed by atoms with Gasteiger partial charge in [0, 0.05) is 6.42 Å². The van der Waals surface area contributed by atoms with Crippen molar-refractivity contribution in [3.05, 3.63) is 23.8 Å². The van der Waals surface area contributed by atoms with Crippen LogP contribution in [0.3, 0.4) is 0 Å². The van der Waals surface area contributed by atoms with Crippen LogP contribution in [0, 0.1) is 45.3 Å². The summed E-state index contributed by atoms with van der Waals surface area (Å²) in [5.41, 5.74) is 3.69. The summed E-state index contributed by atoms with van der Waals surface area (Å²) >= 11 is 0. The second kappa shape index (κ2) is 9.09. The molecule has 3 heteroatoms. The van der Waals surface area contributed by atoms with Gasteiger partial charge in [0.15, 0.2) is 0 Å². The zero-order valence-corrected chi connectivity index (χ0v) is 22.8. The number of aliphatic hydroxyl groups is 1. The summed E-state index contributed by atoms with van der Waals surface area (Å²) in [4.78, 5) is 12.2. The summed E-state index contributed by atoms with van der Waals surface area (Å²) in [5.74, 6) is 2.57. The lowest BCUT2D eigenvalue weighted by Gasteiger charge is -2.61. The Kier molecular flexibility index (Phi) is 6.95. The molecule has 4 fully saturated rings. The lowest BCUT2D eigenvalue weighted by Crippen LogP contribution is -2.54. The number of aliphatic hydroxyl groups excluding tert-OH is 1. The monoisotopic (exact) mass is 470 g/mol. The van der Waals surface area contributed by atoms with Gasteiger partial charge in [0.1, 0.15) is 0 Å². The molecule has 0 aromatic rings. The van der Waals surface area contributed by atoms with E-state index in [2.05, 4.69) is 47.3 Å². The maximum atomic E-state index is 12.2. The fourth-order valence-electron chi connectivity index (χ4n) is 10.2. The number of fused-ring (bicyclic) bond motifs is 2. The van der Waals surface area contributed by atoms with E-state index in [9.17, 15) is 9.90 Å². The molecule has 0 aromatic heterocycles. The SMILES string of the molecule is C=C(CO)[C@@H]1CC[C@@H]2[C@]3(CC[C@]4(C)[C@@H]([C@H](C)CCC=C(C)C)CC[C@@]24C)C[C@]13CCC(=O)OC. The van der Waals surface area contributed by atoms with Crippen molar-refractivity contribution in [3.8, 4) is 0 Å². The number of rotatable bonds is 9. The second-order valence-corrected chi connectivity index (χ2v) is 13.4. The number of carbonyl (C=O) groups excluding carboxylic acids is 1. The Hall–Kier alpha value is -1.09. The van der Waals surface area contributed by atoms with E-state index in [4.69, 9.17) is 4.74 Å². The van der Waals surface area contributed by atoms with Crippen LogP contribution in [0.25, 0.3) is 0 Å². The molecule has 34 heavy (non-hydrogen) atoms. The average molecular weight is 471 g/mol. The van der Waals surface area contributed by atoms with Gasteiger partial charge in [-0.1, -0.05) is 39.0 Å². The van der Waals surface area contributed by atoms with Crippen molar-refractivity contribution in [1.29, 1.82) is 0 Å². The summed E-state index contributed by atoms with van der Waals surface area (Å²) in [6.45, 7) is 16.6. The summed E-state index contributed by atoms with van der Waals surface area (Å²) in [6.07, 6.45) is 15.3. The van der Waals surface area contributed by atoms with Crippen LogP contribution in [0.5, 0.6) is 0 Å². The van der Waals surface area contributed by atoms with Gasteiger partial charge < -0.3 is 9.84 Å². The number of ether oxygens (including phenoxy) is 1. The van der Waals surface area contributed by atoms with Crippen LogP contribution in [0.1, 0.15) is 105 Å². The summed E-state index contributed by atoms with van der Waals surface area (Å²) in [5, 5.41) is 10.0. The standard InChI is InChI=1S/C31H50O3/c1-21(2)9-8-10-22(3)24-13-15-29(6)26-12-11-25(23(4)19-32)30(16-14-27(33)34-7)20-31(26,30)18-17-28(24,29)5/h9,22,24-26,32H,4,8,10-20H2,1-3,5-7H3/t22-,24-,25+,26+,28-,29+,30-,31+/m1/s1. The van der Waals surface area contributed by atoms with Crippen LogP contribution in [0.2, 0.25) is 0 Å². The maximum Gasteiger partial charge on any atom is 0.305 e. The first-order valence-electron chi connectivity index (χ1n) is 14.0. The molecule has 0 aromatic carbocycles. The van der Waals surface area contributed by atoms with Crippen molar-refractivity contribution >= 4 is 5.97 Å². The zero-order chi connectivity index (χ0) is 24.9. The van der Waals surface area contributed by atoms with Crippen molar-refractivity contribution in [2.75, 3.05) is 13.7 Å². The minimum atomic E-state index is -0.0927. The van der Waals surface area contributed by atoms with E-state index in [0.717, 1.165) is 36.2 Å². The number of carbonyl (C=O) groups is 1. The predicted molar refractivity (Wildman–Crippen MR) is 139 cm³/mol. The molecule has 0 amide bonds. The summed E-state index contributed by atoms with van der Waals surface area (Å²) in [7, 11) is 1.50. The third-order valence-electron chi connectivity index (χ3n) is 12.1. The quantitative estimate of drug-likeness (QED) is 0.280. The molecule has 4 aliphatic carbocycles. The fourth-order valence-corrected chi connectivity index (χ4v) is 10.2. The van der Waals surface area contributed by atoms with E-state index in [1.54, 1.807) is 0 Å². The van der Waals surface area contributed by atoms with E-state index < -0.39 is 0 Å². The molecule has 1 N–H and O–H groups in total. The molecule has 0 bridgehead atoms. The molecule has 4 rings (SSSR count). The van der Waals surface area contributed by atoms with Crippen LogP contribution in [0.4, 0.5) is 0 Å². The van der Waals surface area contributed by atoms with Gasteiger partial charge in [-0.05, 0) is 129 Å². The smallest absolute Gasteiger partial charge is 0.305 e. The molecular weight excluding hydrogens is 420 g/mol.